The van der Waals surface area contributed by atoms with E-state index in [1.54, 1.807) is 12.5 Å². The fraction of sp³-hybridized carbons (Fsp3) is 0.692. The van der Waals surface area contributed by atoms with E-state index in [9.17, 15) is 4.79 Å². The number of carbonyl (C=O) groups is 1. The average molecular weight is 237 g/mol. The Morgan fingerprint density at radius 3 is 2.35 bits per heavy atom. The van der Waals surface area contributed by atoms with Crippen molar-refractivity contribution in [2.75, 3.05) is 13.1 Å². The standard InChI is InChI=1S/C13H23N3O/c1-3-5-8-16(9-6-4-2)13(17)11-15-10-7-14-12-15/h7,10,12H,3-6,8-9,11H2,1-2H3. The molecular weight excluding hydrogens is 214 g/mol. The van der Waals surface area contributed by atoms with Crippen LogP contribution in [0.5, 0.6) is 0 Å². The van der Waals surface area contributed by atoms with Crippen molar-refractivity contribution in [2.45, 2.75) is 46.1 Å². The monoisotopic (exact) mass is 237 g/mol. The van der Waals surface area contributed by atoms with Gasteiger partial charge in [-0.15, -0.1) is 0 Å². The predicted octanol–water partition coefficient (Wildman–Crippen LogP) is 2.31. The van der Waals surface area contributed by atoms with E-state index in [1.807, 2.05) is 15.7 Å². The number of hydrogen-bond donors (Lipinski definition) is 0. The molecule has 0 aromatic carbocycles. The zero-order valence-corrected chi connectivity index (χ0v) is 10.9. The second-order valence-electron chi connectivity index (χ2n) is 4.32. The quantitative estimate of drug-likeness (QED) is 0.696. The van der Waals surface area contributed by atoms with Crippen LogP contribution in [0.15, 0.2) is 18.7 Å². The summed E-state index contributed by atoms with van der Waals surface area (Å²) in [7, 11) is 0. The van der Waals surface area contributed by atoms with Crippen molar-refractivity contribution < 1.29 is 4.79 Å². The third-order valence-electron chi connectivity index (χ3n) is 2.79. The van der Waals surface area contributed by atoms with Gasteiger partial charge in [-0.2, -0.15) is 0 Å². The molecule has 1 rings (SSSR count). The van der Waals surface area contributed by atoms with Crippen LogP contribution in [-0.2, 0) is 11.3 Å². The van der Waals surface area contributed by atoms with Gasteiger partial charge in [0.05, 0.1) is 6.33 Å². The molecule has 0 aliphatic carbocycles. The fourth-order valence-electron chi connectivity index (χ4n) is 1.70. The Morgan fingerprint density at radius 1 is 1.24 bits per heavy atom. The Balaban J connectivity index is 2.46. The molecule has 1 aromatic heterocycles. The molecule has 4 heteroatoms. The number of amides is 1. The predicted molar refractivity (Wildman–Crippen MR) is 68.6 cm³/mol. The number of unbranched alkanes of at least 4 members (excludes halogenated alkanes) is 2. The summed E-state index contributed by atoms with van der Waals surface area (Å²) in [6.45, 7) is 6.47. The molecule has 17 heavy (non-hydrogen) atoms. The number of rotatable bonds is 8. The largest absolute Gasteiger partial charge is 0.341 e. The summed E-state index contributed by atoms with van der Waals surface area (Å²) in [6, 6.07) is 0. The van der Waals surface area contributed by atoms with Crippen LogP contribution in [0.25, 0.3) is 0 Å². The molecule has 96 valence electrons. The summed E-state index contributed by atoms with van der Waals surface area (Å²) < 4.78 is 1.83. The van der Waals surface area contributed by atoms with E-state index in [0.29, 0.717) is 6.54 Å². The van der Waals surface area contributed by atoms with Gasteiger partial charge in [0.1, 0.15) is 6.54 Å². The van der Waals surface area contributed by atoms with Crippen LogP contribution in [0.1, 0.15) is 39.5 Å². The van der Waals surface area contributed by atoms with Crippen molar-refractivity contribution in [3.8, 4) is 0 Å². The van der Waals surface area contributed by atoms with E-state index in [4.69, 9.17) is 0 Å². The van der Waals surface area contributed by atoms with E-state index >= 15 is 0 Å². The first-order chi connectivity index (χ1) is 8.27. The van der Waals surface area contributed by atoms with E-state index in [2.05, 4.69) is 18.8 Å². The molecular formula is C13H23N3O. The highest BCUT2D eigenvalue weighted by Gasteiger charge is 2.12. The molecule has 0 spiro atoms. The van der Waals surface area contributed by atoms with Gasteiger partial charge in [-0.1, -0.05) is 26.7 Å². The van der Waals surface area contributed by atoms with Gasteiger partial charge in [0.15, 0.2) is 0 Å². The second-order valence-corrected chi connectivity index (χ2v) is 4.32. The first-order valence-electron chi connectivity index (χ1n) is 6.51. The summed E-state index contributed by atoms with van der Waals surface area (Å²) in [5, 5.41) is 0. The number of hydrogen-bond acceptors (Lipinski definition) is 2. The lowest BCUT2D eigenvalue weighted by Gasteiger charge is -2.22. The van der Waals surface area contributed by atoms with Crippen molar-refractivity contribution in [3.05, 3.63) is 18.7 Å². The van der Waals surface area contributed by atoms with Gasteiger partial charge in [-0.3, -0.25) is 4.79 Å². The number of imidazole rings is 1. The molecule has 4 nitrogen and oxygen atoms in total. The first kappa shape index (κ1) is 13.7. The fourth-order valence-corrected chi connectivity index (χ4v) is 1.70. The van der Waals surface area contributed by atoms with E-state index in [1.165, 1.54) is 0 Å². The van der Waals surface area contributed by atoms with Crippen LogP contribution in [0, 0.1) is 0 Å². The van der Waals surface area contributed by atoms with Gasteiger partial charge in [0, 0.05) is 25.5 Å². The van der Waals surface area contributed by atoms with Crippen LogP contribution >= 0.6 is 0 Å². The molecule has 0 unspecified atom stereocenters. The molecule has 1 amide bonds. The van der Waals surface area contributed by atoms with Crippen LogP contribution in [0.2, 0.25) is 0 Å². The first-order valence-corrected chi connectivity index (χ1v) is 6.51. The Hall–Kier alpha value is -1.32. The minimum Gasteiger partial charge on any atom is -0.341 e. The van der Waals surface area contributed by atoms with Crippen molar-refractivity contribution in [2.24, 2.45) is 0 Å². The molecule has 1 heterocycles. The molecule has 1 aromatic rings. The van der Waals surface area contributed by atoms with Gasteiger partial charge >= 0.3 is 0 Å². The molecule has 0 N–H and O–H groups in total. The minimum absolute atomic E-state index is 0.199. The van der Waals surface area contributed by atoms with Crippen molar-refractivity contribution >= 4 is 5.91 Å². The summed E-state index contributed by atoms with van der Waals surface area (Å²) in [6.07, 6.45) is 9.64. The van der Waals surface area contributed by atoms with Gasteiger partial charge in [-0.25, -0.2) is 4.98 Å². The zero-order valence-electron chi connectivity index (χ0n) is 10.9. The molecule has 0 aliphatic heterocycles. The van der Waals surface area contributed by atoms with Crippen LogP contribution in [-0.4, -0.2) is 33.4 Å². The Kier molecular flexibility index (Phi) is 6.37. The van der Waals surface area contributed by atoms with E-state index in [-0.39, 0.29) is 5.91 Å². The minimum atomic E-state index is 0.199. The SMILES string of the molecule is CCCCN(CCCC)C(=O)Cn1ccnc1. The Morgan fingerprint density at radius 2 is 1.88 bits per heavy atom. The van der Waals surface area contributed by atoms with E-state index in [0.717, 1.165) is 38.8 Å². The molecule has 0 saturated carbocycles. The summed E-state index contributed by atoms with van der Waals surface area (Å²) in [5.41, 5.74) is 0. The Labute approximate surface area is 104 Å². The van der Waals surface area contributed by atoms with Crippen molar-refractivity contribution in [3.63, 3.8) is 0 Å². The Bertz CT molecular complexity index is 300. The lowest BCUT2D eigenvalue weighted by Crippen LogP contribution is -2.35. The van der Waals surface area contributed by atoms with Gasteiger partial charge in [0.25, 0.3) is 0 Å². The normalized spacial score (nSPS) is 10.5. The van der Waals surface area contributed by atoms with Crippen LogP contribution in [0.4, 0.5) is 0 Å². The highest BCUT2D eigenvalue weighted by atomic mass is 16.2. The summed E-state index contributed by atoms with van der Waals surface area (Å²) >= 11 is 0. The van der Waals surface area contributed by atoms with Gasteiger partial charge in [0.2, 0.25) is 5.91 Å². The van der Waals surface area contributed by atoms with Gasteiger partial charge < -0.3 is 9.47 Å². The molecule has 0 saturated heterocycles. The summed E-state index contributed by atoms with van der Waals surface area (Å²) in [5.74, 6) is 0.199. The third kappa shape index (κ3) is 5.02. The van der Waals surface area contributed by atoms with Crippen molar-refractivity contribution in [1.82, 2.24) is 14.5 Å². The average Bonchev–Trinajstić information content (AvgIpc) is 2.82. The second kappa shape index (κ2) is 7.87. The molecule has 0 aliphatic rings. The number of carbonyl (C=O) groups excluding carboxylic acids is 1. The molecule has 0 bridgehead atoms. The maximum atomic E-state index is 12.1. The lowest BCUT2D eigenvalue weighted by molar-refractivity contribution is -0.132. The molecule has 0 atom stereocenters. The third-order valence-corrected chi connectivity index (χ3v) is 2.79. The zero-order chi connectivity index (χ0) is 12.5. The molecule has 0 radical (unpaired) electrons. The highest BCUT2D eigenvalue weighted by molar-refractivity contribution is 5.75. The molecule has 0 fully saturated rings. The summed E-state index contributed by atoms with van der Waals surface area (Å²) in [4.78, 5) is 18.0. The smallest absolute Gasteiger partial charge is 0.242 e. The number of nitrogens with zero attached hydrogens (tertiary/aromatic N) is 3. The van der Waals surface area contributed by atoms with Crippen LogP contribution < -0.4 is 0 Å². The maximum Gasteiger partial charge on any atom is 0.242 e. The van der Waals surface area contributed by atoms with Gasteiger partial charge in [-0.05, 0) is 12.8 Å². The van der Waals surface area contributed by atoms with E-state index < -0.39 is 0 Å². The highest BCUT2D eigenvalue weighted by Crippen LogP contribution is 2.01. The number of aromatic nitrogens is 2. The maximum absolute atomic E-state index is 12.1. The van der Waals surface area contributed by atoms with Crippen LogP contribution in [0.3, 0.4) is 0 Å². The van der Waals surface area contributed by atoms with Crippen molar-refractivity contribution in [1.29, 1.82) is 0 Å². The topological polar surface area (TPSA) is 38.1 Å². The lowest BCUT2D eigenvalue weighted by atomic mass is 10.2.